The summed E-state index contributed by atoms with van der Waals surface area (Å²) in [5, 5.41) is 0. The number of carbonyl (C=O) groups is 1. The van der Waals surface area contributed by atoms with Crippen molar-refractivity contribution < 1.29 is 23.7 Å². The Bertz CT molecular complexity index is 803. The molecule has 0 fully saturated rings. The van der Waals surface area contributed by atoms with Gasteiger partial charge in [0, 0.05) is 23.7 Å². The van der Waals surface area contributed by atoms with Crippen LogP contribution in [0.2, 0.25) is 0 Å². The van der Waals surface area contributed by atoms with Crippen molar-refractivity contribution in [1.82, 2.24) is 0 Å². The predicted octanol–water partition coefficient (Wildman–Crippen LogP) is 3.89. The van der Waals surface area contributed by atoms with Gasteiger partial charge < -0.3 is 24.7 Å². The Balaban J connectivity index is 1.99. The second kappa shape index (κ2) is 7.25. The molecule has 2 aromatic rings. The summed E-state index contributed by atoms with van der Waals surface area (Å²) in [6.07, 6.45) is -1.25. The summed E-state index contributed by atoms with van der Waals surface area (Å²) in [7, 11) is 1.58. The highest BCUT2D eigenvalue weighted by molar-refractivity contribution is 5.72. The fourth-order valence-electron chi connectivity index (χ4n) is 3.10. The van der Waals surface area contributed by atoms with Crippen LogP contribution in [0, 0.1) is 5.41 Å². The van der Waals surface area contributed by atoms with Crippen LogP contribution in [0.15, 0.2) is 42.5 Å². The Kier molecular flexibility index (Phi) is 5.04. The van der Waals surface area contributed by atoms with Crippen molar-refractivity contribution in [2.24, 2.45) is 11.1 Å². The number of methoxy groups -OCH3 is 1. The van der Waals surface area contributed by atoms with E-state index in [1.54, 1.807) is 7.11 Å². The van der Waals surface area contributed by atoms with Gasteiger partial charge in [0.05, 0.1) is 6.61 Å². The number of fused-ring (bicyclic) bond motifs is 1. The molecule has 1 atom stereocenters. The first-order valence-corrected chi connectivity index (χ1v) is 8.36. The van der Waals surface area contributed by atoms with Gasteiger partial charge >= 0.3 is 6.09 Å². The number of primary amides is 1. The minimum Gasteiger partial charge on any atom is -0.492 e. The summed E-state index contributed by atoms with van der Waals surface area (Å²) in [4.78, 5) is 11.3. The number of benzene rings is 2. The van der Waals surface area contributed by atoms with E-state index in [0.29, 0.717) is 12.4 Å². The van der Waals surface area contributed by atoms with E-state index in [9.17, 15) is 4.79 Å². The topological polar surface area (TPSA) is 80.0 Å². The van der Waals surface area contributed by atoms with E-state index < -0.39 is 12.2 Å². The molecule has 0 saturated heterocycles. The van der Waals surface area contributed by atoms with Crippen LogP contribution < -0.4 is 15.2 Å². The molecule has 6 nitrogen and oxygen atoms in total. The van der Waals surface area contributed by atoms with Crippen LogP contribution in [0.4, 0.5) is 4.79 Å². The molecule has 1 aliphatic heterocycles. The quantitative estimate of drug-likeness (QED) is 0.821. The van der Waals surface area contributed by atoms with Crippen molar-refractivity contribution in [3.63, 3.8) is 0 Å². The highest BCUT2D eigenvalue weighted by Gasteiger charge is 2.40. The molecular weight excluding hydrogens is 334 g/mol. The first kappa shape index (κ1) is 18.1. The molecule has 6 heteroatoms. The van der Waals surface area contributed by atoms with E-state index in [1.807, 2.05) is 56.3 Å². The maximum absolute atomic E-state index is 11.3. The average molecular weight is 357 g/mol. The lowest BCUT2D eigenvalue weighted by molar-refractivity contribution is -0.0176. The zero-order valence-corrected chi connectivity index (χ0v) is 15.2. The molecular formula is C20H23NO5. The van der Waals surface area contributed by atoms with Crippen molar-refractivity contribution in [3.05, 3.63) is 48.0 Å². The van der Waals surface area contributed by atoms with Crippen LogP contribution in [0.5, 0.6) is 11.5 Å². The van der Waals surface area contributed by atoms with Gasteiger partial charge in [-0.05, 0) is 17.7 Å². The third-order valence-corrected chi connectivity index (χ3v) is 4.37. The summed E-state index contributed by atoms with van der Waals surface area (Å²) in [6, 6.07) is 13.5. The molecule has 26 heavy (non-hydrogen) atoms. The first-order valence-electron chi connectivity index (χ1n) is 8.36. The van der Waals surface area contributed by atoms with E-state index in [0.717, 1.165) is 22.4 Å². The van der Waals surface area contributed by atoms with Gasteiger partial charge in [-0.3, -0.25) is 0 Å². The van der Waals surface area contributed by atoms with E-state index in [-0.39, 0.29) is 12.2 Å². The number of hydrogen-bond acceptors (Lipinski definition) is 5. The third-order valence-electron chi connectivity index (χ3n) is 4.37. The van der Waals surface area contributed by atoms with Crippen LogP contribution in [-0.2, 0) is 9.47 Å². The Labute approximate surface area is 152 Å². The molecule has 0 radical (unpaired) electrons. The fraction of sp³-hybridized carbons (Fsp3) is 0.350. The standard InChI is InChI=1S/C20H23NO5/c1-20(2)11-24-17-10-13(8-9-15(17)18(20)26-19(21)22)14-6-4-5-7-16(14)25-12-23-3/h4-10,18H,11-12H2,1-3H3,(H2,21,22). The van der Waals surface area contributed by atoms with Gasteiger partial charge in [-0.15, -0.1) is 0 Å². The lowest BCUT2D eigenvalue weighted by atomic mass is 9.80. The van der Waals surface area contributed by atoms with Crippen LogP contribution in [0.25, 0.3) is 11.1 Å². The molecule has 138 valence electrons. The number of hydrogen-bond donors (Lipinski definition) is 1. The van der Waals surface area contributed by atoms with Crippen molar-refractivity contribution in [3.8, 4) is 22.6 Å². The molecule has 1 unspecified atom stereocenters. The first-order chi connectivity index (χ1) is 12.4. The monoisotopic (exact) mass is 357 g/mol. The fourth-order valence-corrected chi connectivity index (χ4v) is 3.10. The van der Waals surface area contributed by atoms with Crippen molar-refractivity contribution in [2.45, 2.75) is 20.0 Å². The lowest BCUT2D eigenvalue weighted by Crippen LogP contribution is -2.37. The van der Waals surface area contributed by atoms with E-state index in [4.69, 9.17) is 24.7 Å². The maximum Gasteiger partial charge on any atom is 0.405 e. The lowest BCUT2D eigenvalue weighted by Gasteiger charge is -2.38. The molecule has 2 N–H and O–H groups in total. The Morgan fingerprint density at radius 2 is 2.04 bits per heavy atom. The van der Waals surface area contributed by atoms with Crippen LogP contribution in [-0.4, -0.2) is 26.6 Å². The normalized spacial score (nSPS) is 17.7. The number of rotatable bonds is 5. The molecule has 0 spiro atoms. The van der Waals surface area contributed by atoms with Gasteiger partial charge in [0.1, 0.15) is 17.6 Å². The molecule has 1 heterocycles. The smallest absolute Gasteiger partial charge is 0.405 e. The molecule has 0 aromatic heterocycles. The molecule has 0 bridgehead atoms. The van der Waals surface area contributed by atoms with Crippen LogP contribution in [0.3, 0.4) is 0 Å². The molecule has 2 aromatic carbocycles. The van der Waals surface area contributed by atoms with Crippen molar-refractivity contribution >= 4 is 6.09 Å². The van der Waals surface area contributed by atoms with Gasteiger partial charge in [0.2, 0.25) is 0 Å². The van der Waals surface area contributed by atoms with Gasteiger partial charge in [0.25, 0.3) is 0 Å². The number of ether oxygens (including phenoxy) is 4. The minimum atomic E-state index is -0.793. The summed E-state index contributed by atoms with van der Waals surface area (Å²) in [5.74, 6) is 1.39. The Hall–Kier alpha value is -2.73. The minimum absolute atomic E-state index is 0.168. The molecule has 3 rings (SSSR count). The second-order valence-corrected chi connectivity index (χ2v) is 6.89. The Morgan fingerprint density at radius 3 is 2.77 bits per heavy atom. The van der Waals surface area contributed by atoms with Crippen LogP contribution in [0.1, 0.15) is 25.5 Å². The highest BCUT2D eigenvalue weighted by atomic mass is 16.7. The number of amides is 1. The zero-order chi connectivity index (χ0) is 18.7. The number of para-hydroxylation sites is 1. The van der Waals surface area contributed by atoms with Crippen molar-refractivity contribution in [2.75, 3.05) is 20.5 Å². The largest absolute Gasteiger partial charge is 0.492 e. The predicted molar refractivity (Wildman–Crippen MR) is 97.1 cm³/mol. The van der Waals surface area contributed by atoms with Gasteiger partial charge in [-0.2, -0.15) is 0 Å². The summed E-state index contributed by atoms with van der Waals surface area (Å²) >= 11 is 0. The molecule has 0 saturated carbocycles. The number of nitrogens with two attached hydrogens (primary N) is 1. The highest BCUT2D eigenvalue weighted by Crippen LogP contribution is 2.46. The molecule has 0 aliphatic carbocycles. The third kappa shape index (κ3) is 3.60. The van der Waals surface area contributed by atoms with E-state index >= 15 is 0 Å². The summed E-state index contributed by atoms with van der Waals surface area (Å²) in [6.45, 7) is 4.54. The zero-order valence-electron chi connectivity index (χ0n) is 15.2. The van der Waals surface area contributed by atoms with Gasteiger partial charge in [-0.25, -0.2) is 4.79 Å². The van der Waals surface area contributed by atoms with E-state index in [1.165, 1.54) is 0 Å². The number of carbonyl (C=O) groups excluding carboxylic acids is 1. The second-order valence-electron chi connectivity index (χ2n) is 6.89. The Morgan fingerprint density at radius 1 is 1.27 bits per heavy atom. The SMILES string of the molecule is COCOc1ccccc1-c1ccc2c(c1)OCC(C)(C)C2OC(N)=O. The summed E-state index contributed by atoms with van der Waals surface area (Å²) < 4.78 is 21.9. The van der Waals surface area contributed by atoms with Gasteiger partial charge in [-0.1, -0.05) is 44.2 Å². The van der Waals surface area contributed by atoms with Crippen molar-refractivity contribution in [1.29, 1.82) is 0 Å². The van der Waals surface area contributed by atoms with E-state index in [2.05, 4.69) is 0 Å². The molecule has 1 amide bonds. The maximum atomic E-state index is 11.3. The van der Waals surface area contributed by atoms with Crippen LogP contribution >= 0.6 is 0 Å². The van der Waals surface area contributed by atoms with Gasteiger partial charge in [0.15, 0.2) is 6.79 Å². The average Bonchev–Trinajstić information content (AvgIpc) is 2.62. The summed E-state index contributed by atoms with van der Waals surface area (Å²) in [5.41, 5.74) is 7.55. The molecule has 1 aliphatic rings.